The van der Waals surface area contributed by atoms with Crippen LogP contribution in [0, 0.1) is 11.7 Å². The van der Waals surface area contributed by atoms with Gasteiger partial charge >= 0.3 is 0 Å². The molecular weight excluding hydrogens is 368 g/mol. The van der Waals surface area contributed by atoms with Crippen LogP contribution < -0.4 is 9.64 Å². The Morgan fingerprint density at radius 1 is 1.18 bits per heavy atom. The highest BCUT2D eigenvalue weighted by Crippen LogP contribution is 2.21. The Kier molecular flexibility index (Phi) is 6.44. The van der Waals surface area contributed by atoms with Crippen LogP contribution in [0.25, 0.3) is 11.4 Å². The number of nitrogens with zero attached hydrogens (tertiary/aromatic N) is 3. The Balaban J connectivity index is 1.71. The molecule has 0 aliphatic carbocycles. The number of hydrogen-bond acceptors (Lipinski definition) is 3. The number of hydrogen-bond donors (Lipinski definition) is 1. The Morgan fingerprint density at radius 3 is 2.57 bits per heavy atom. The minimum atomic E-state index is 0.519. The van der Waals surface area contributed by atoms with Gasteiger partial charge < -0.3 is 14.2 Å². The van der Waals surface area contributed by atoms with Crippen molar-refractivity contribution in [1.29, 1.82) is 0 Å². The largest absolute Gasteiger partial charge is 0.490 e. The van der Waals surface area contributed by atoms with E-state index in [2.05, 4.69) is 44.8 Å². The minimum Gasteiger partial charge on any atom is -0.490 e. The van der Waals surface area contributed by atoms with Crippen LogP contribution in [0.15, 0.2) is 61.2 Å². The molecule has 0 aliphatic heterocycles. The molecule has 0 radical (unpaired) electrons. The molecule has 0 amide bonds. The molecule has 146 valence electrons. The van der Waals surface area contributed by atoms with E-state index in [-0.39, 0.29) is 0 Å². The van der Waals surface area contributed by atoms with Gasteiger partial charge in [0.25, 0.3) is 0 Å². The van der Waals surface area contributed by atoms with Gasteiger partial charge in [0.1, 0.15) is 18.9 Å². The van der Waals surface area contributed by atoms with Gasteiger partial charge in [-0.2, -0.15) is 4.68 Å². The van der Waals surface area contributed by atoms with Crippen molar-refractivity contribution in [2.24, 2.45) is 7.05 Å². The molecule has 0 fully saturated rings. The Bertz CT molecular complexity index is 1000. The lowest BCUT2D eigenvalue weighted by atomic mass is 10.1. The molecule has 28 heavy (non-hydrogen) atoms. The lowest BCUT2D eigenvalue weighted by Crippen LogP contribution is -3.07. The summed E-state index contributed by atoms with van der Waals surface area (Å²) in [4.78, 5) is 1.30. The fourth-order valence-corrected chi connectivity index (χ4v) is 3.36. The van der Waals surface area contributed by atoms with Crippen molar-refractivity contribution in [2.45, 2.75) is 20.1 Å². The van der Waals surface area contributed by atoms with E-state index < -0.39 is 0 Å². The summed E-state index contributed by atoms with van der Waals surface area (Å²) in [6.07, 6.45) is 1.74. The van der Waals surface area contributed by atoms with Crippen molar-refractivity contribution in [2.75, 3.05) is 13.7 Å². The van der Waals surface area contributed by atoms with Crippen molar-refractivity contribution >= 4 is 12.2 Å². The van der Waals surface area contributed by atoms with Crippen molar-refractivity contribution in [3.8, 4) is 17.1 Å². The molecule has 6 heteroatoms. The first kappa shape index (κ1) is 20.0. The third-order valence-electron chi connectivity index (χ3n) is 4.64. The van der Waals surface area contributed by atoms with E-state index in [1.54, 1.807) is 6.08 Å². The van der Waals surface area contributed by atoms with Crippen LogP contribution >= 0.6 is 12.2 Å². The van der Waals surface area contributed by atoms with Crippen molar-refractivity contribution < 1.29 is 9.64 Å². The second-order valence-electron chi connectivity index (χ2n) is 7.02. The fourth-order valence-electron chi connectivity index (χ4n) is 3.17. The van der Waals surface area contributed by atoms with Gasteiger partial charge in [-0.3, -0.25) is 0 Å². The predicted octanol–water partition coefficient (Wildman–Crippen LogP) is 3.16. The summed E-state index contributed by atoms with van der Waals surface area (Å²) in [6.45, 7) is 7.86. The third kappa shape index (κ3) is 4.58. The molecule has 5 nitrogen and oxygen atoms in total. The highest BCUT2D eigenvalue weighted by Gasteiger charge is 2.14. The smallest absolute Gasteiger partial charge is 0.202 e. The average molecular weight is 396 g/mol. The zero-order valence-corrected chi connectivity index (χ0v) is 17.5. The molecule has 1 N–H and O–H groups in total. The number of ether oxygens (including phenoxy) is 1. The summed E-state index contributed by atoms with van der Waals surface area (Å²) in [5.74, 6) is 1.76. The molecule has 2 aromatic carbocycles. The average Bonchev–Trinajstić information content (AvgIpc) is 2.96. The van der Waals surface area contributed by atoms with Gasteiger partial charge in [0.2, 0.25) is 4.77 Å². The Hall–Kier alpha value is -2.70. The van der Waals surface area contributed by atoms with Gasteiger partial charge in [0, 0.05) is 18.2 Å². The summed E-state index contributed by atoms with van der Waals surface area (Å²) in [5.41, 5.74) is 3.55. The van der Waals surface area contributed by atoms with Gasteiger partial charge in [-0.25, -0.2) is 0 Å². The zero-order valence-electron chi connectivity index (χ0n) is 16.7. The van der Waals surface area contributed by atoms with Crippen molar-refractivity contribution in [3.05, 3.63) is 77.1 Å². The van der Waals surface area contributed by atoms with Crippen LogP contribution in [0.3, 0.4) is 0 Å². The van der Waals surface area contributed by atoms with Gasteiger partial charge in [0.05, 0.1) is 7.05 Å². The highest BCUT2D eigenvalue weighted by atomic mass is 32.1. The van der Waals surface area contributed by atoms with Gasteiger partial charge in [-0.1, -0.05) is 36.9 Å². The number of quaternary nitrogens is 1. The van der Waals surface area contributed by atoms with Gasteiger partial charge in [-0.05, 0) is 49.0 Å². The molecule has 1 unspecified atom stereocenters. The van der Waals surface area contributed by atoms with Crippen LogP contribution in [0.2, 0.25) is 0 Å². The number of aromatic nitrogens is 3. The zero-order chi connectivity index (χ0) is 20.1. The van der Waals surface area contributed by atoms with E-state index in [4.69, 9.17) is 22.1 Å². The Morgan fingerprint density at radius 2 is 1.89 bits per heavy atom. The summed E-state index contributed by atoms with van der Waals surface area (Å²) in [5, 5.41) is 4.80. The molecule has 1 aromatic heterocycles. The van der Waals surface area contributed by atoms with Crippen LogP contribution in [0.5, 0.6) is 5.75 Å². The monoisotopic (exact) mass is 395 g/mol. The summed E-state index contributed by atoms with van der Waals surface area (Å²) in [6, 6.07) is 16.4. The van der Waals surface area contributed by atoms with E-state index in [0.29, 0.717) is 13.3 Å². The van der Waals surface area contributed by atoms with Crippen LogP contribution in [-0.4, -0.2) is 28.0 Å². The number of aryl methyl sites for hydroxylation is 1. The molecule has 0 saturated heterocycles. The van der Waals surface area contributed by atoms with E-state index in [1.807, 2.05) is 40.6 Å². The molecule has 0 saturated carbocycles. The second kappa shape index (κ2) is 8.99. The highest BCUT2D eigenvalue weighted by molar-refractivity contribution is 7.71. The lowest BCUT2D eigenvalue weighted by molar-refractivity contribution is -0.917. The molecular formula is C22H27N4OS+. The molecule has 3 rings (SSSR count). The molecule has 0 bridgehead atoms. The molecule has 0 aliphatic rings. The van der Waals surface area contributed by atoms with E-state index in [9.17, 15) is 0 Å². The number of rotatable bonds is 8. The van der Waals surface area contributed by atoms with Crippen LogP contribution in [-0.2, 0) is 20.3 Å². The Labute approximate surface area is 171 Å². The third-order valence-corrected chi connectivity index (χ3v) is 5.13. The quantitative estimate of drug-likeness (QED) is 0.470. The number of nitrogens with one attached hydrogen (secondary N) is 1. The standard InChI is InChI=1S/C22H26N4OS/c1-5-14-27-19-12-10-18(11-13-19)15-24(3)16-26-22(28)25(4)21(23-26)20-9-7-6-8-17(20)2/h5-13H,1,14-16H2,2-4H3/p+1. The lowest BCUT2D eigenvalue weighted by Gasteiger charge is -2.14. The van der Waals surface area contributed by atoms with E-state index in [1.165, 1.54) is 16.0 Å². The van der Waals surface area contributed by atoms with E-state index >= 15 is 0 Å². The fraction of sp³-hybridized carbons (Fsp3) is 0.273. The van der Waals surface area contributed by atoms with Crippen LogP contribution in [0.1, 0.15) is 11.1 Å². The molecule has 1 atom stereocenters. The summed E-state index contributed by atoms with van der Waals surface area (Å²) in [7, 11) is 4.12. The maximum atomic E-state index is 5.62. The van der Waals surface area contributed by atoms with Crippen molar-refractivity contribution in [1.82, 2.24) is 14.3 Å². The minimum absolute atomic E-state index is 0.519. The predicted molar refractivity (Wildman–Crippen MR) is 115 cm³/mol. The summed E-state index contributed by atoms with van der Waals surface area (Å²) < 4.78 is 10.2. The first-order chi connectivity index (χ1) is 13.5. The topological polar surface area (TPSA) is 36.4 Å². The van der Waals surface area contributed by atoms with Crippen molar-refractivity contribution in [3.63, 3.8) is 0 Å². The second-order valence-corrected chi connectivity index (χ2v) is 7.38. The van der Waals surface area contributed by atoms with Gasteiger partial charge in [-0.15, -0.1) is 5.10 Å². The normalized spacial score (nSPS) is 12.0. The molecule has 0 spiro atoms. The maximum absolute atomic E-state index is 5.62. The molecule has 3 aromatic rings. The van der Waals surface area contributed by atoms with Crippen LogP contribution in [0.4, 0.5) is 0 Å². The SMILES string of the molecule is C=CCOc1ccc(C[NH+](C)Cn2nc(-c3ccccc3C)n(C)c2=S)cc1. The van der Waals surface area contributed by atoms with Gasteiger partial charge in [0.15, 0.2) is 12.5 Å². The summed E-state index contributed by atoms with van der Waals surface area (Å²) >= 11 is 5.62. The first-order valence-corrected chi connectivity index (χ1v) is 9.74. The first-order valence-electron chi connectivity index (χ1n) is 9.33. The maximum Gasteiger partial charge on any atom is 0.202 e. The number of benzene rings is 2. The molecule has 1 heterocycles. The van der Waals surface area contributed by atoms with E-state index in [0.717, 1.165) is 28.5 Å².